The fourth-order valence-electron chi connectivity index (χ4n) is 13.2. The highest BCUT2D eigenvalue weighted by molar-refractivity contribution is 7.47. The van der Waals surface area contributed by atoms with Crippen LogP contribution in [0.5, 0.6) is 0 Å². The van der Waals surface area contributed by atoms with Crippen molar-refractivity contribution in [1.29, 1.82) is 0 Å². The molecule has 0 saturated carbocycles. The van der Waals surface area contributed by atoms with Gasteiger partial charge in [-0.3, -0.25) is 32.5 Å². The minimum absolute atomic E-state index is 0.0970. The van der Waals surface area contributed by atoms with E-state index in [1.165, 1.54) is 257 Å². The van der Waals surface area contributed by atoms with Crippen LogP contribution in [0.25, 0.3) is 0 Å². The van der Waals surface area contributed by atoms with Gasteiger partial charge in [-0.2, -0.15) is 0 Å². The number of allylic oxidation sites excluding steroid dienone is 18. The Morgan fingerprint density at radius 2 is 0.435 bits per heavy atom. The quantitative estimate of drug-likeness (QED) is 0.0146. The lowest BCUT2D eigenvalue weighted by Crippen LogP contribution is -2.30. The Morgan fingerprint density at radius 1 is 0.243 bits per heavy atom. The number of esters is 3. The highest BCUT2D eigenvalue weighted by Gasteiger charge is 2.30. The fourth-order valence-corrected chi connectivity index (χ4v) is 14.8. The first-order chi connectivity index (χ1) is 56.2. The van der Waals surface area contributed by atoms with Crippen molar-refractivity contribution < 1.29 is 75.8 Å². The number of unbranched alkanes of at least 4 members (excludes halogenated alkanes) is 49. The molecule has 0 aromatic rings. The van der Waals surface area contributed by atoms with E-state index in [9.17, 15) is 43.5 Å². The molecular formula is C97H174O16P2. The molecule has 0 amide bonds. The second kappa shape index (κ2) is 89.5. The summed E-state index contributed by atoms with van der Waals surface area (Å²) in [4.78, 5) is 58.9. The summed E-state index contributed by atoms with van der Waals surface area (Å²) in [6.07, 6.45) is 109. The van der Waals surface area contributed by atoms with Gasteiger partial charge in [0.1, 0.15) is 25.4 Å². The Labute approximate surface area is 704 Å². The van der Waals surface area contributed by atoms with Crippen molar-refractivity contribution in [3.05, 3.63) is 109 Å². The van der Waals surface area contributed by atoms with Crippen LogP contribution >= 0.6 is 15.6 Å². The zero-order valence-corrected chi connectivity index (χ0v) is 75.5. The molecule has 16 nitrogen and oxygen atoms in total. The van der Waals surface area contributed by atoms with Crippen molar-refractivity contribution in [2.45, 2.75) is 450 Å². The summed E-state index contributed by atoms with van der Waals surface area (Å²) in [7, 11) is -9.79. The predicted octanol–water partition coefficient (Wildman–Crippen LogP) is 29.0. The summed E-state index contributed by atoms with van der Waals surface area (Å²) in [5.41, 5.74) is 0. The third-order valence-corrected chi connectivity index (χ3v) is 22.3. The highest BCUT2D eigenvalue weighted by Crippen LogP contribution is 2.45. The van der Waals surface area contributed by atoms with Gasteiger partial charge >= 0.3 is 33.6 Å². The fraction of sp³-hybridized carbons (Fsp3) is 0.784. The van der Waals surface area contributed by atoms with Gasteiger partial charge < -0.3 is 34.2 Å². The number of ether oxygens (including phenoxy) is 3. The van der Waals surface area contributed by atoms with E-state index in [0.717, 1.165) is 116 Å². The summed E-state index contributed by atoms with van der Waals surface area (Å²) in [6, 6.07) is 0. The lowest BCUT2D eigenvalue weighted by Gasteiger charge is -2.21. The average Bonchev–Trinajstić information content (AvgIpc) is 0.901. The topological polar surface area (TPSA) is 231 Å². The predicted molar refractivity (Wildman–Crippen MR) is 482 cm³/mol. The van der Waals surface area contributed by atoms with Crippen molar-refractivity contribution >= 4 is 33.6 Å². The standard InChI is InChI=1S/C97H174O16P2/c1-4-7-10-13-16-19-22-25-27-29-31-33-35-37-39-41-43-45-47-49-51-53-55-57-59-61-63-66-68-71-74-77-80-83-95(100)107-86-92(98)87-109-114(103,104)110-88-93(99)89-111-115(105,106)112-91-94(113-97(102)85-82-79-76-73-70-65-24-21-18-15-12-9-6-3)90-108-96(101)84-81-78-75-72-69-67-64-62-60-58-56-54-52-50-48-46-44-42-40-38-36-34-32-30-28-26-23-20-17-14-11-8-5-2/h16-17,19-21,24-28,31-34,37-40,92-94,98-99H,4-15,18,22-23,29-30,35-36,41-91H2,1-3H3,(H,103,104)(H,105,106)/b19-16-,20-17-,24-21-,27-25-,28-26-,33-31-,34-32-,39-37-,40-38-. The first kappa shape index (κ1) is 111. The molecule has 18 heteroatoms. The molecule has 0 bridgehead atoms. The molecule has 0 heterocycles. The minimum atomic E-state index is -4.93. The maximum atomic E-state index is 13.0. The van der Waals surface area contributed by atoms with Gasteiger partial charge in [-0.05, 0) is 135 Å². The maximum Gasteiger partial charge on any atom is 0.472 e. The van der Waals surface area contributed by atoms with Gasteiger partial charge in [-0.25, -0.2) is 9.13 Å². The Kier molecular flexibility index (Phi) is 86.5. The molecule has 0 aliphatic heterocycles. The van der Waals surface area contributed by atoms with Crippen molar-refractivity contribution in [2.24, 2.45) is 0 Å². The van der Waals surface area contributed by atoms with Crippen molar-refractivity contribution in [1.82, 2.24) is 0 Å². The minimum Gasteiger partial charge on any atom is -0.463 e. The van der Waals surface area contributed by atoms with E-state index in [2.05, 4.69) is 130 Å². The van der Waals surface area contributed by atoms with Gasteiger partial charge in [0.2, 0.25) is 0 Å². The van der Waals surface area contributed by atoms with Gasteiger partial charge in [-0.1, -0.05) is 387 Å². The highest BCUT2D eigenvalue weighted by atomic mass is 31.2. The molecule has 0 aromatic heterocycles. The van der Waals surface area contributed by atoms with Gasteiger partial charge in [-0.15, -0.1) is 0 Å². The van der Waals surface area contributed by atoms with Crippen LogP contribution in [0.4, 0.5) is 0 Å². The van der Waals surface area contributed by atoms with Crippen LogP contribution in [0, 0.1) is 0 Å². The normalized spacial score (nSPS) is 14.3. The maximum absolute atomic E-state index is 13.0. The van der Waals surface area contributed by atoms with Crippen LogP contribution < -0.4 is 0 Å². The molecule has 0 aliphatic carbocycles. The molecule has 115 heavy (non-hydrogen) atoms. The number of aliphatic hydroxyl groups excluding tert-OH is 2. The molecule has 5 unspecified atom stereocenters. The second-order valence-electron chi connectivity index (χ2n) is 31.8. The molecule has 0 aromatic carbocycles. The molecule has 668 valence electrons. The van der Waals surface area contributed by atoms with Gasteiger partial charge in [0, 0.05) is 19.3 Å². The summed E-state index contributed by atoms with van der Waals surface area (Å²) >= 11 is 0. The van der Waals surface area contributed by atoms with Crippen molar-refractivity contribution in [2.75, 3.05) is 39.6 Å². The number of phosphoric acid groups is 2. The second-order valence-corrected chi connectivity index (χ2v) is 34.7. The SMILES string of the molecule is CCCCC/C=C\C/C=C\C/C=C\C/C=C\CCCCCCCCCCCCCCCCCCCC(=O)OCC(O)COP(=O)(O)OCC(O)COP(=O)(O)OCC(COC(=O)CCCCCCCCCCCCCCCCCCC/C=C\C/C=C\C/C=C\C/C=C\CCCCC)OC(=O)CCCCCCC/C=C\CCCCCC. The first-order valence-corrected chi connectivity index (χ1v) is 50.2. The van der Waals surface area contributed by atoms with Crippen molar-refractivity contribution in [3.63, 3.8) is 0 Å². The van der Waals surface area contributed by atoms with E-state index in [1.54, 1.807) is 0 Å². The van der Waals surface area contributed by atoms with Crippen LogP contribution in [0.3, 0.4) is 0 Å². The molecular weight excluding hydrogens is 1480 g/mol. The van der Waals surface area contributed by atoms with Crippen LogP contribution in [0.15, 0.2) is 109 Å². The zero-order valence-electron chi connectivity index (χ0n) is 73.7. The number of carbonyl (C=O) groups excluding carboxylic acids is 3. The molecule has 0 aliphatic rings. The van der Waals surface area contributed by atoms with E-state index in [4.69, 9.17) is 32.3 Å². The molecule has 5 atom stereocenters. The number of aliphatic hydroxyl groups is 2. The first-order valence-electron chi connectivity index (χ1n) is 47.2. The average molecular weight is 1660 g/mol. The summed E-state index contributed by atoms with van der Waals surface area (Å²) in [6.45, 7) is 2.67. The molecule has 0 rings (SSSR count). The molecule has 4 N–H and O–H groups in total. The Hall–Kier alpha value is -3.79. The Bertz CT molecular complexity index is 2520. The van der Waals surface area contributed by atoms with Crippen LogP contribution in [0.2, 0.25) is 0 Å². The third-order valence-electron chi connectivity index (χ3n) is 20.4. The molecule has 0 saturated heterocycles. The van der Waals surface area contributed by atoms with Gasteiger partial charge in [0.15, 0.2) is 6.10 Å². The van der Waals surface area contributed by atoms with Crippen LogP contribution in [0.1, 0.15) is 432 Å². The lowest BCUT2D eigenvalue weighted by atomic mass is 10.0. The summed E-state index contributed by atoms with van der Waals surface area (Å²) in [5.74, 6) is -1.56. The van der Waals surface area contributed by atoms with Crippen LogP contribution in [-0.4, -0.2) is 95.9 Å². The smallest absolute Gasteiger partial charge is 0.463 e. The summed E-state index contributed by atoms with van der Waals surface area (Å²) in [5, 5.41) is 20.7. The van der Waals surface area contributed by atoms with E-state index < -0.39 is 91.5 Å². The van der Waals surface area contributed by atoms with Gasteiger partial charge in [0.25, 0.3) is 0 Å². The summed E-state index contributed by atoms with van der Waals surface area (Å²) < 4.78 is 61.4. The Balaban J connectivity index is 4.37. The number of rotatable bonds is 90. The largest absolute Gasteiger partial charge is 0.472 e. The van der Waals surface area contributed by atoms with Crippen molar-refractivity contribution in [3.8, 4) is 0 Å². The zero-order chi connectivity index (χ0) is 83.6. The Morgan fingerprint density at radius 3 is 0.713 bits per heavy atom. The third kappa shape index (κ3) is 90.8. The number of carbonyl (C=O) groups is 3. The number of hydrogen-bond acceptors (Lipinski definition) is 14. The molecule has 0 spiro atoms. The van der Waals surface area contributed by atoms with E-state index in [1.807, 2.05) is 0 Å². The van der Waals surface area contributed by atoms with E-state index >= 15 is 0 Å². The number of hydrogen-bond donors (Lipinski definition) is 4. The molecule has 0 fully saturated rings. The number of phosphoric ester groups is 2. The van der Waals surface area contributed by atoms with E-state index in [0.29, 0.717) is 19.3 Å². The monoisotopic (exact) mass is 1660 g/mol. The van der Waals surface area contributed by atoms with Gasteiger partial charge in [0.05, 0.1) is 26.4 Å². The molecule has 0 radical (unpaired) electrons. The van der Waals surface area contributed by atoms with Crippen LogP contribution in [-0.2, 0) is 55.8 Å². The lowest BCUT2D eigenvalue weighted by molar-refractivity contribution is -0.161. The van der Waals surface area contributed by atoms with E-state index in [-0.39, 0.29) is 19.3 Å².